The first-order chi connectivity index (χ1) is 13.5. The lowest BCUT2D eigenvalue weighted by molar-refractivity contribution is -0.127. The summed E-state index contributed by atoms with van der Waals surface area (Å²) in [4.78, 5) is 12.7. The molecule has 5 nitrogen and oxygen atoms in total. The van der Waals surface area contributed by atoms with Crippen LogP contribution in [0.2, 0.25) is 0 Å². The Hall–Kier alpha value is -1.40. The van der Waals surface area contributed by atoms with Crippen LogP contribution in [0.3, 0.4) is 0 Å². The zero-order valence-corrected chi connectivity index (χ0v) is 17.8. The summed E-state index contributed by atoms with van der Waals surface area (Å²) in [6.45, 7) is 2.95. The third-order valence-electron chi connectivity index (χ3n) is 6.32. The minimum atomic E-state index is -3.15. The number of unbranched alkanes of at least 4 members (excludes halogenated alkanes) is 1. The minimum absolute atomic E-state index is 0.0514. The number of piperidine rings is 1. The molecule has 3 rings (SSSR count). The van der Waals surface area contributed by atoms with Gasteiger partial charge in [-0.25, -0.2) is 12.7 Å². The van der Waals surface area contributed by atoms with E-state index in [1.165, 1.54) is 5.56 Å². The fourth-order valence-corrected chi connectivity index (χ4v) is 6.15. The second kappa shape index (κ2) is 9.88. The van der Waals surface area contributed by atoms with Crippen molar-refractivity contribution >= 4 is 15.9 Å². The Morgan fingerprint density at radius 2 is 1.68 bits per heavy atom. The van der Waals surface area contributed by atoms with E-state index in [2.05, 4.69) is 35.6 Å². The molecule has 1 amide bonds. The van der Waals surface area contributed by atoms with Crippen LogP contribution in [0, 0.1) is 5.92 Å². The Bertz CT molecular complexity index is 719. The molecule has 6 heteroatoms. The van der Waals surface area contributed by atoms with Crippen molar-refractivity contribution in [1.82, 2.24) is 9.62 Å². The van der Waals surface area contributed by atoms with E-state index in [9.17, 15) is 13.2 Å². The van der Waals surface area contributed by atoms with E-state index in [1.807, 2.05) is 6.92 Å². The van der Waals surface area contributed by atoms with Gasteiger partial charge in [-0.15, -0.1) is 0 Å². The van der Waals surface area contributed by atoms with Crippen LogP contribution in [0.5, 0.6) is 0 Å². The molecule has 1 saturated carbocycles. The molecule has 1 aromatic rings. The monoisotopic (exact) mass is 406 g/mol. The number of carbonyl (C=O) groups is 1. The first-order valence-corrected chi connectivity index (χ1v) is 12.4. The normalized spacial score (nSPS) is 24.8. The van der Waals surface area contributed by atoms with Gasteiger partial charge in [-0.2, -0.15) is 0 Å². The summed E-state index contributed by atoms with van der Waals surface area (Å²) < 4.78 is 26.2. The highest BCUT2D eigenvalue weighted by molar-refractivity contribution is 7.89. The topological polar surface area (TPSA) is 66.5 Å². The molecule has 2 fully saturated rings. The van der Waals surface area contributed by atoms with Gasteiger partial charge in [-0.3, -0.25) is 4.79 Å². The summed E-state index contributed by atoms with van der Waals surface area (Å²) in [5.74, 6) is 0.898. The highest BCUT2D eigenvalue weighted by atomic mass is 32.2. The van der Waals surface area contributed by atoms with Crippen LogP contribution in [0.4, 0.5) is 0 Å². The van der Waals surface area contributed by atoms with Crippen LogP contribution in [0.25, 0.3) is 0 Å². The lowest BCUT2D eigenvalue weighted by Crippen LogP contribution is -2.46. The van der Waals surface area contributed by atoms with Crippen LogP contribution in [-0.4, -0.2) is 43.5 Å². The molecule has 1 saturated heterocycles. The molecule has 0 aromatic heterocycles. The van der Waals surface area contributed by atoms with Gasteiger partial charge in [0.25, 0.3) is 0 Å². The largest absolute Gasteiger partial charge is 0.353 e. The van der Waals surface area contributed by atoms with Crippen LogP contribution >= 0.6 is 0 Å². The SMILES string of the molecule is CCCCS(=O)(=O)N1CCC(C(=O)NC2CCC(c3ccccc3)CC2)CC1. The van der Waals surface area contributed by atoms with Crippen molar-refractivity contribution in [2.75, 3.05) is 18.8 Å². The average Bonchev–Trinajstić information content (AvgIpc) is 2.73. The number of hydrogen-bond donors (Lipinski definition) is 1. The second-order valence-corrected chi connectivity index (χ2v) is 10.4. The zero-order valence-electron chi connectivity index (χ0n) is 17.0. The first-order valence-electron chi connectivity index (χ1n) is 10.8. The number of rotatable bonds is 7. The molecule has 1 aliphatic carbocycles. The second-order valence-electron chi connectivity index (χ2n) is 8.31. The molecular formula is C22H34N2O3S. The third kappa shape index (κ3) is 5.57. The summed E-state index contributed by atoms with van der Waals surface area (Å²) in [7, 11) is -3.15. The molecule has 0 unspecified atom stereocenters. The van der Waals surface area contributed by atoms with Crippen molar-refractivity contribution in [1.29, 1.82) is 0 Å². The number of amides is 1. The molecule has 1 heterocycles. The molecule has 1 N–H and O–H groups in total. The number of benzene rings is 1. The van der Waals surface area contributed by atoms with E-state index in [0.29, 0.717) is 38.3 Å². The Balaban J connectivity index is 1.42. The molecule has 28 heavy (non-hydrogen) atoms. The highest BCUT2D eigenvalue weighted by Gasteiger charge is 2.32. The lowest BCUT2D eigenvalue weighted by Gasteiger charge is -2.33. The fraction of sp³-hybridized carbons (Fsp3) is 0.682. The van der Waals surface area contributed by atoms with Gasteiger partial charge in [0.1, 0.15) is 0 Å². The first kappa shape index (κ1) is 21.3. The van der Waals surface area contributed by atoms with E-state index in [1.54, 1.807) is 4.31 Å². The van der Waals surface area contributed by atoms with Crippen molar-refractivity contribution in [2.24, 2.45) is 5.92 Å². The maximum atomic E-state index is 12.7. The quantitative estimate of drug-likeness (QED) is 0.751. The van der Waals surface area contributed by atoms with Gasteiger partial charge >= 0.3 is 0 Å². The van der Waals surface area contributed by atoms with E-state index in [0.717, 1.165) is 32.1 Å². The Morgan fingerprint density at radius 1 is 1.04 bits per heavy atom. The van der Waals surface area contributed by atoms with Gasteiger partial charge in [-0.05, 0) is 56.4 Å². The third-order valence-corrected chi connectivity index (χ3v) is 8.28. The summed E-state index contributed by atoms with van der Waals surface area (Å²) in [6, 6.07) is 10.9. The van der Waals surface area contributed by atoms with E-state index >= 15 is 0 Å². The summed E-state index contributed by atoms with van der Waals surface area (Å²) in [5, 5.41) is 3.24. The molecule has 2 aliphatic rings. The maximum absolute atomic E-state index is 12.7. The predicted molar refractivity (Wildman–Crippen MR) is 113 cm³/mol. The lowest BCUT2D eigenvalue weighted by atomic mass is 9.81. The molecule has 156 valence electrons. The molecule has 0 atom stereocenters. The molecule has 0 bridgehead atoms. The standard InChI is InChI=1S/C22H34N2O3S/c1-2-3-17-28(26,27)24-15-13-20(14-16-24)22(25)23-21-11-9-19(10-12-21)18-7-5-4-6-8-18/h4-8,19-21H,2-3,9-17H2,1H3,(H,23,25). The van der Waals surface area contributed by atoms with Crippen molar-refractivity contribution in [2.45, 2.75) is 70.3 Å². The number of hydrogen-bond acceptors (Lipinski definition) is 3. The van der Waals surface area contributed by atoms with Gasteiger partial charge in [0.05, 0.1) is 5.75 Å². The number of carbonyl (C=O) groups excluding carboxylic acids is 1. The van der Waals surface area contributed by atoms with Gasteiger partial charge in [-0.1, -0.05) is 43.7 Å². The van der Waals surface area contributed by atoms with Crippen molar-refractivity contribution in [3.63, 3.8) is 0 Å². The molecule has 0 spiro atoms. The van der Waals surface area contributed by atoms with Crippen molar-refractivity contribution in [3.05, 3.63) is 35.9 Å². The van der Waals surface area contributed by atoms with E-state index < -0.39 is 10.0 Å². The maximum Gasteiger partial charge on any atom is 0.223 e. The Kier molecular flexibility index (Phi) is 7.52. The summed E-state index contributed by atoms with van der Waals surface area (Å²) >= 11 is 0. The van der Waals surface area contributed by atoms with Crippen molar-refractivity contribution < 1.29 is 13.2 Å². The number of sulfonamides is 1. The highest BCUT2D eigenvalue weighted by Crippen LogP contribution is 2.33. The number of nitrogens with zero attached hydrogens (tertiary/aromatic N) is 1. The Morgan fingerprint density at radius 3 is 2.29 bits per heavy atom. The summed E-state index contributed by atoms with van der Waals surface area (Å²) in [6.07, 6.45) is 7.13. The smallest absolute Gasteiger partial charge is 0.223 e. The predicted octanol–water partition coefficient (Wildman–Crippen LogP) is 3.67. The van der Waals surface area contributed by atoms with Gasteiger partial charge in [0, 0.05) is 25.0 Å². The molecular weight excluding hydrogens is 372 g/mol. The van der Waals surface area contributed by atoms with Crippen LogP contribution in [0.1, 0.15) is 69.8 Å². The molecule has 1 aliphatic heterocycles. The van der Waals surface area contributed by atoms with E-state index in [-0.39, 0.29) is 23.6 Å². The van der Waals surface area contributed by atoms with Crippen molar-refractivity contribution in [3.8, 4) is 0 Å². The van der Waals surface area contributed by atoms with Gasteiger partial charge < -0.3 is 5.32 Å². The van der Waals surface area contributed by atoms with E-state index in [4.69, 9.17) is 0 Å². The number of nitrogens with one attached hydrogen (secondary N) is 1. The van der Waals surface area contributed by atoms with Crippen LogP contribution < -0.4 is 5.32 Å². The molecule has 0 radical (unpaired) electrons. The molecule has 1 aromatic carbocycles. The zero-order chi connectivity index (χ0) is 20.0. The Labute approximate surface area is 169 Å². The average molecular weight is 407 g/mol. The van der Waals surface area contributed by atoms with Gasteiger partial charge in [0.15, 0.2) is 0 Å². The fourth-order valence-electron chi connectivity index (χ4n) is 4.47. The van der Waals surface area contributed by atoms with Gasteiger partial charge in [0.2, 0.25) is 15.9 Å². The van der Waals surface area contributed by atoms with Crippen LogP contribution in [-0.2, 0) is 14.8 Å². The summed E-state index contributed by atoms with van der Waals surface area (Å²) in [5.41, 5.74) is 1.41. The van der Waals surface area contributed by atoms with Crippen LogP contribution in [0.15, 0.2) is 30.3 Å². The minimum Gasteiger partial charge on any atom is -0.353 e.